The molecule has 3 nitrogen and oxygen atoms in total. The Morgan fingerprint density at radius 3 is 2.21 bits per heavy atom. The summed E-state index contributed by atoms with van der Waals surface area (Å²) in [4.78, 5) is 9.45. The summed E-state index contributed by atoms with van der Waals surface area (Å²) in [5.74, 6) is 3.58. The molecule has 24 heavy (non-hydrogen) atoms. The summed E-state index contributed by atoms with van der Waals surface area (Å²) in [5.41, 5.74) is 2.99. The molecule has 2 aliphatic rings. The van der Waals surface area contributed by atoms with Crippen LogP contribution in [0.3, 0.4) is 0 Å². The maximum absolute atomic E-state index is 5.69. The Hall–Kier alpha value is -0.930. The normalized spacial score (nSPS) is 31.4. The van der Waals surface area contributed by atoms with Crippen LogP contribution in [0.4, 0.5) is 0 Å². The van der Waals surface area contributed by atoms with Crippen LogP contribution >= 0.6 is 11.6 Å². The largest absolute Gasteiger partial charge is 0.384 e. The highest BCUT2D eigenvalue weighted by Crippen LogP contribution is 2.37. The van der Waals surface area contributed by atoms with Crippen molar-refractivity contribution in [3.05, 3.63) is 35.4 Å². The molecular weight excluding hydrogens is 320 g/mol. The summed E-state index contributed by atoms with van der Waals surface area (Å²) < 4.78 is 5.29. The third-order valence-corrected chi connectivity index (χ3v) is 6.04. The van der Waals surface area contributed by atoms with Gasteiger partial charge in [-0.25, -0.2) is 9.97 Å². The van der Waals surface area contributed by atoms with E-state index in [1.54, 1.807) is 12.6 Å². The highest BCUT2D eigenvalue weighted by Gasteiger charge is 2.25. The summed E-state index contributed by atoms with van der Waals surface area (Å²) in [6.45, 7) is 0.906. The third kappa shape index (κ3) is 4.58. The van der Waals surface area contributed by atoms with Crippen LogP contribution in [0.15, 0.2) is 24.0 Å². The molecule has 0 amide bonds. The van der Waals surface area contributed by atoms with Gasteiger partial charge in [0.2, 0.25) is 0 Å². The number of allylic oxidation sites excluding steroid dienone is 1. The molecule has 0 saturated heterocycles. The minimum atomic E-state index is 0.525. The van der Waals surface area contributed by atoms with E-state index in [-0.39, 0.29) is 0 Å². The van der Waals surface area contributed by atoms with E-state index in [9.17, 15) is 0 Å². The molecule has 3 rings (SSSR count). The number of methoxy groups -OCH3 is 1. The van der Waals surface area contributed by atoms with Crippen molar-refractivity contribution in [3.8, 4) is 0 Å². The van der Waals surface area contributed by atoms with E-state index < -0.39 is 0 Å². The van der Waals surface area contributed by atoms with Crippen molar-refractivity contribution in [1.29, 1.82) is 0 Å². The average molecular weight is 349 g/mol. The predicted molar refractivity (Wildman–Crippen MR) is 98.3 cm³/mol. The van der Waals surface area contributed by atoms with Crippen molar-refractivity contribution >= 4 is 11.6 Å². The zero-order valence-electron chi connectivity index (χ0n) is 14.7. The Morgan fingerprint density at radius 2 is 1.62 bits per heavy atom. The van der Waals surface area contributed by atoms with Crippen LogP contribution in [0, 0.1) is 11.8 Å². The molecule has 132 valence electrons. The van der Waals surface area contributed by atoms with Crippen LogP contribution in [0.1, 0.15) is 74.6 Å². The van der Waals surface area contributed by atoms with E-state index in [1.165, 1.54) is 56.9 Å². The van der Waals surface area contributed by atoms with Gasteiger partial charge < -0.3 is 4.74 Å². The fraction of sp³-hybridized carbons (Fsp3) is 0.700. The number of aromatic nitrogens is 2. The quantitative estimate of drug-likeness (QED) is 0.712. The second kappa shape index (κ2) is 8.96. The Kier molecular flexibility index (Phi) is 6.67. The first-order valence-electron chi connectivity index (χ1n) is 9.37. The molecule has 2 fully saturated rings. The van der Waals surface area contributed by atoms with Gasteiger partial charge in [-0.1, -0.05) is 17.7 Å². The Labute approximate surface area is 150 Å². The van der Waals surface area contributed by atoms with Gasteiger partial charge in [-0.2, -0.15) is 0 Å². The molecule has 2 aliphatic carbocycles. The average Bonchev–Trinajstić information content (AvgIpc) is 2.64. The van der Waals surface area contributed by atoms with Gasteiger partial charge in [-0.05, 0) is 74.7 Å². The molecule has 2 saturated carbocycles. The van der Waals surface area contributed by atoms with Gasteiger partial charge in [-0.15, -0.1) is 0 Å². The minimum Gasteiger partial charge on any atom is -0.384 e. The molecule has 1 heterocycles. The molecule has 0 aliphatic heterocycles. The van der Waals surface area contributed by atoms with Gasteiger partial charge in [0.15, 0.2) is 0 Å². The number of hydrogen-bond donors (Lipinski definition) is 0. The van der Waals surface area contributed by atoms with Crippen molar-refractivity contribution in [1.82, 2.24) is 9.97 Å². The van der Waals surface area contributed by atoms with E-state index in [4.69, 9.17) is 26.3 Å². The topological polar surface area (TPSA) is 35.0 Å². The lowest BCUT2D eigenvalue weighted by Crippen LogP contribution is -2.18. The summed E-state index contributed by atoms with van der Waals surface area (Å²) in [5, 5.41) is 0. The number of hydrogen-bond acceptors (Lipinski definition) is 3. The van der Waals surface area contributed by atoms with Crippen molar-refractivity contribution in [2.45, 2.75) is 63.2 Å². The zero-order valence-corrected chi connectivity index (χ0v) is 15.4. The molecule has 0 bridgehead atoms. The summed E-state index contributed by atoms with van der Waals surface area (Å²) >= 11 is 5.69. The van der Waals surface area contributed by atoms with Crippen LogP contribution < -0.4 is 0 Å². The van der Waals surface area contributed by atoms with Crippen molar-refractivity contribution < 1.29 is 4.74 Å². The van der Waals surface area contributed by atoms with Crippen molar-refractivity contribution in [2.75, 3.05) is 13.7 Å². The molecule has 0 unspecified atom stereocenters. The van der Waals surface area contributed by atoms with Crippen molar-refractivity contribution in [2.24, 2.45) is 11.8 Å². The monoisotopic (exact) mass is 348 g/mol. The van der Waals surface area contributed by atoms with Crippen LogP contribution in [-0.2, 0) is 4.74 Å². The van der Waals surface area contributed by atoms with E-state index in [1.807, 2.05) is 0 Å². The van der Waals surface area contributed by atoms with Crippen LogP contribution in [0.5, 0.6) is 0 Å². The Morgan fingerprint density at radius 1 is 1.00 bits per heavy atom. The van der Waals surface area contributed by atoms with Crippen LogP contribution in [0.25, 0.3) is 0 Å². The number of nitrogens with zero attached hydrogens (tertiary/aromatic N) is 2. The molecule has 1 aromatic heterocycles. The first kappa shape index (κ1) is 17.9. The van der Waals surface area contributed by atoms with E-state index in [2.05, 4.69) is 18.5 Å². The van der Waals surface area contributed by atoms with Gasteiger partial charge in [0.05, 0.1) is 0 Å². The molecule has 0 spiro atoms. The number of rotatable bonds is 5. The lowest BCUT2D eigenvalue weighted by atomic mass is 9.79. The second-order valence-corrected chi connectivity index (χ2v) is 7.73. The van der Waals surface area contributed by atoms with Gasteiger partial charge in [-0.3, -0.25) is 0 Å². The van der Waals surface area contributed by atoms with Gasteiger partial charge in [0.25, 0.3) is 0 Å². The predicted octanol–water partition coefficient (Wildman–Crippen LogP) is 5.42. The molecule has 0 aromatic carbocycles. The van der Waals surface area contributed by atoms with E-state index >= 15 is 0 Å². The smallest absolute Gasteiger partial charge is 0.131 e. The minimum absolute atomic E-state index is 0.525. The molecule has 0 N–H and O–H groups in total. The number of ether oxygens (including phenoxy) is 1. The Bertz CT molecular complexity index is 515. The van der Waals surface area contributed by atoms with Gasteiger partial charge in [0.1, 0.15) is 5.82 Å². The lowest BCUT2D eigenvalue weighted by molar-refractivity contribution is 0.127. The fourth-order valence-corrected chi connectivity index (χ4v) is 4.55. The standard InChI is InChI=1S/C20H29ClN2O/c1-24-14-16-4-6-17(7-5-16)19-12-22-20(23-13-19)18-8-2-15(3-9-18)10-11-21/h10-13,15-18H,2-9,14H2,1H3. The fourth-order valence-electron chi connectivity index (χ4n) is 4.34. The maximum atomic E-state index is 5.69. The first-order chi connectivity index (χ1) is 11.8. The summed E-state index contributed by atoms with van der Waals surface area (Å²) in [6, 6.07) is 0. The highest BCUT2D eigenvalue weighted by molar-refractivity contribution is 6.25. The molecule has 0 radical (unpaired) electrons. The number of halogens is 1. The highest BCUT2D eigenvalue weighted by atomic mass is 35.5. The summed E-state index contributed by atoms with van der Waals surface area (Å²) in [7, 11) is 1.80. The molecule has 1 aromatic rings. The third-order valence-electron chi connectivity index (χ3n) is 5.89. The lowest BCUT2D eigenvalue weighted by Gasteiger charge is -2.28. The molecular formula is C20H29ClN2O. The van der Waals surface area contributed by atoms with Gasteiger partial charge >= 0.3 is 0 Å². The second-order valence-electron chi connectivity index (χ2n) is 7.48. The zero-order chi connectivity index (χ0) is 16.8. The van der Waals surface area contributed by atoms with Crippen LogP contribution in [0.2, 0.25) is 0 Å². The SMILES string of the molecule is COCC1CCC(c2cnc(C3CCC(C=CCl)CC3)nc2)CC1. The van der Waals surface area contributed by atoms with E-state index in [0.29, 0.717) is 17.8 Å². The first-order valence-corrected chi connectivity index (χ1v) is 9.81. The van der Waals surface area contributed by atoms with Gasteiger partial charge in [0, 0.05) is 37.6 Å². The summed E-state index contributed by atoms with van der Waals surface area (Å²) in [6.07, 6.45) is 16.1. The van der Waals surface area contributed by atoms with Crippen LogP contribution in [-0.4, -0.2) is 23.7 Å². The Balaban J connectivity index is 1.53. The van der Waals surface area contributed by atoms with E-state index in [0.717, 1.165) is 18.3 Å². The maximum Gasteiger partial charge on any atom is 0.131 e. The van der Waals surface area contributed by atoms with Crippen molar-refractivity contribution in [3.63, 3.8) is 0 Å². The molecule has 4 heteroatoms. The molecule has 0 atom stereocenters.